The minimum absolute atomic E-state index is 0.678. The van der Waals surface area contributed by atoms with E-state index in [1.54, 1.807) is 13.2 Å². The number of ether oxygens (including phenoxy) is 2. The molecule has 0 bridgehead atoms. The van der Waals surface area contributed by atoms with Crippen molar-refractivity contribution in [2.24, 2.45) is 5.16 Å². The third-order valence-corrected chi connectivity index (χ3v) is 2.36. The van der Waals surface area contributed by atoms with Crippen molar-refractivity contribution in [2.45, 2.75) is 0 Å². The molecule has 0 fully saturated rings. The van der Waals surface area contributed by atoms with E-state index < -0.39 is 0 Å². The molecule has 0 saturated heterocycles. The maximum Gasteiger partial charge on any atom is 0.128 e. The highest BCUT2D eigenvalue weighted by Gasteiger charge is 1.99. The molecule has 2 rings (SSSR count). The third kappa shape index (κ3) is 3.01. The van der Waals surface area contributed by atoms with Gasteiger partial charge in [-0.15, -0.1) is 0 Å². The predicted molar refractivity (Wildman–Crippen MR) is 68.9 cm³/mol. The smallest absolute Gasteiger partial charge is 0.128 e. The van der Waals surface area contributed by atoms with Gasteiger partial charge in [0.05, 0.1) is 13.3 Å². The summed E-state index contributed by atoms with van der Waals surface area (Å²) in [5, 5.41) is 11.5. The van der Waals surface area contributed by atoms with Crippen LogP contribution in [0, 0.1) is 0 Å². The number of hydrogen-bond acceptors (Lipinski definition) is 4. The predicted octanol–water partition coefficient (Wildman–Crippen LogP) is 3.30. The van der Waals surface area contributed by atoms with Crippen molar-refractivity contribution in [1.82, 2.24) is 0 Å². The normalized spacial score (nSPS) is 10.5. The molecule has 18 heavy (non-hydrogen) atoms. The second kappa shape index (κ2) is 5.72. The molecule has 2 aromatic rings. The summed E-state index contributed by atoms with van der Waals surface area (Å²) >= 11 is 0. The number of hydrogen-bond donors (Lipinski definition) is 1. The van der Waals surface area contributed by atoms with E-state index in [2.05, 4.69) is 5.16 Å². The van der Waals surface area contributed by atoms with Crippen LogP contribution in [0.2, 0.25) is 0 Å². The lowest BCUT2D eigenvalue weighted by Crippen LogP contribution is -1.87. The average molecular weight is 243 g/mol. The van der Waals surface area contributed by atoms with E-state index in [0.717, 1.165) is 11.3 Å². The van der Waals surface area contributed by atoms with Gasteiger partial charge in [-0.3, -0.25) is 0 Å². The van der Waals surface area contributed by atoms with E-state index in [0.29, 0.717) is 11.5 Å². The Morgan fingerprint density at radius 3 is 2.39 bits per heavy atom. The highest BCUT2D eigenvalue weighted by molar-refractivity contribution is 5.79. The Morgan fingerprint density at radius 1 is 1.00 bits per heavy atom. The molecular formula is C14H13NO3. The first kappa shape index (κ1) is 12.0. The summed E-state index contributed by atoms with van der Waals surface area (Å²) in [5.74, 6) is 2.18. The van der Waals surface area contributed by atoms with Crippen LogP contribution in [0.15, 0.2) is 53.7 Å². The second-order valence-electron chi connectivity index (χ2n) is 3.59. The first-order valence-electron chi connectivity index (χ1n) is 5.41. The largest absolute Gasteiger partial charge is 0.497 e. The Labute approximate surface area is 105 Å². The summed E-state index contributed by atoms with van der Waals surface area (Å²) in [5.41, 5.74) is 0.767. The molecule has 0 spiro atoms. The highest BCUT2D eigenvalue weighted by atomic mass is 16.5. The Morgan fingerprint density at radius 2 is 1.72 bits per heavy atom. The molecular weight excluding hydrogens is 230 g/mol. The Balaban J connectivity index is 2.14. The fourth-order valence-corrected chi connectivity index (χ4v) is 1.50. The lowest BCUT2D eigenvalue weighted by Gasteiger charge is -2.07. The van der Waals surface area contributed by atoms with Gasteiger partial charge in [0.25, 0.3) is 0 Å². The average Bonchev–Trinajstić information content (AvgIpc) is 2.40. The van der Waals surface area contributed by atoms with E-state index in [9.17, 15) is 0 Å². The minimum atomic E-state index is 0.678. The quantitative estimate of drug-likeness (QED) is 0.509. The van der Waals surface area contributed by atoms with E-state index in [1.165, 1.54) is 6.21 Å². The summed E-state index contributed by atoms with van der Waals surface area (Å²) in [6, 6.07) is 14.6. The molecule has 0 atom stereocenters. The van der Waals surface area contributed by atoms with Crippen LogP contribution in [0.3, 0.4) is 0 Å². The molecule has 0 aliphatic heterocycles. The maximum atomic E-state index is 8.47. The summed E-state index contributed by atoms with van der Waals surface area (Å²) in [6.07, 6.45) is 1.35. The van der Waals surface area contributed by atoms with E-state index in [-0.39, 0.29) is 0 Å². The van der Waals surface area contributed by atoms with Crippen LogP contribution < -0.4 is 9.47 Å². The van der Waals surface area contributed by atoms with Crippen molar-refractivity contribution in [3.63, 3.8) is 0 Å². The molecule has 0 saturated carbocycles. The van der Waals surface area contributed by atoms with E-state index in [1.807, 2.05) is 42.5 Å². The van der Waals surface area contributed by atoms with Crippen LogP contribution in [0.5, 0.6) is 17.2 Å². The molecule has 0 heterocycles. The van der Waals surface area contributed by atoms with Crippen molar-refractivity contribution in [1.29, 1.82) is 0 Å². The van der Waals surface area contributed by atoms with Gasteiger partial charge >= 0.3 is 0 Å². The summed E-state index contributed by atoms with van der Waals surface area (Å²) in [4.78, 5) is 0. The Hall–Kier alpha value is -2.49. The second-order valence-corrected chi connectivity index (χ2v) is 3.59. The first-order valence-corrected chi connectivity index (χ1v) is 5.41. The van der Waals surface area contributed by atoms with Crippen LogP contribution in [0.4, 0.5) is 0 Å². The fraction of sp³-hybridized carbons (Fsp3) is 0.0714. The molecule has 4 heteroatoms. The zero-order chi connectivity index (χ0) is 12.8. The van der Waals surface area contributed by atoms with Crippen LogP contribution >= 0.6 is 0 Å². The monoisotopic (exact) mass is 243 g/mol. The summed E-state index contributed by atoms with van der Waals surface area (Å²) in [7, 11) is 1.62. The summed E-state index contributed by atoms with van der Waals surface area (Å²) < 4.78 is 10.7. The highest BCUT2D eigenvalue weighted by Crippen LogP contribution is 2.24. The van der Waals surface area contributed by atoms with Gasteiger partial charge in [-0.2, -0.15) is 0 Å². The van der Waals surface area contributed by atoms with E-state index in [4.69, 9.17) is 14.7 Å². The number of benzene rings is 2. The Kier molecular flexibility index (Phi) is 3.81. The standard InChI is InChI=1S/C14H13NO3/c1-17-12-5-7-13(8-6-12)18-14-4-2-3-11(9-14)10-15-16/h2-10,16H,1H3/b15-10+. The molecule has 0 amide bonds. The van der Waals surface area contributed by atoms with Gasteiger partial charge in [0.1, 0.15) is 17.2 Å². The fourth-order valence-electron chi connectivity index (χ4n) is 1.50. The van der Waals surface area contributed by atoms with Crippen LogP contribution in [-0.2, 0) is 0 Å². The van der Waals surface area contributed by atoms with Gasteiger partial charge in [0.2, 0.25) is 0 Å². The molecule has 0 aliphatic rings. The molecule has 0 unspecified atom stereocenters. The molecule has 92 valence electrons. The minimum Gasteiger partial charge on any atom is -0.497 e. The topological polar surface area (TPSA) is 51.0 Å². The number of nitrogens with zero attached hydrogens (tertiary/aromatic N) is 1. The van der Waals surface area contributed by atoms with Gasteiger partial charge in [0, 0.05) is 0 Å². The molecule has 0 aromatic heterocycles. The molecule has 4 nitrogen and oxygen atoms in total. The first-order chi connectivity index (χ1) is 8.81. The number of methoxy groups -OCH3 is 1. The van der Waals surface area contributed by atoms with Gasteiger partial charge in [-0.05, 0) is 42.0 Å². The zero-order valence-electron chi connectivity index (χ0n) is 9.91. The lowest BCUT2D eigenvalue weighted by atomic mass is 10.2. The molecule has 1 N–H and O–H groups in total. The number of oxime groups is 1. The van der Waals surface area contributed by atoms with Crippen molar-refractivity contribution >= 4 is 6.21 Å². The van der Waals surface area contributed by atoms with Gasteiger partial charge in [0.15, 0.2) is 0 Å². The van der Waals surface area contributed by atoms with Crippen LogP contribution in [0.25, 0.3) is 0 Å². The SMILES string of the molecule is COc1ccc(Oc2cccc(/C=N/O)c2)cc1. The van der Waals surface area contributed by atoms with Gasteiger partial charge in [-0.1, -0.05) is 17.3 Å². The van der Waals surface area contributed by atoms with Crippen molar-refractivity contribution in [2.75, 3.05) is 7.11 Å². The van der Waals surface area contributed by atoms with Crippen LogP contribution in [-0.4, -0.2) is 18.5 Å². The van der Waals surface area contributed by atoms with Gasteiger partial charge in [-0.25, -0.2) is 0 Å². The molecule has 0 radical (unpaired) electrons. The Bertz CT molecular complexity index is 535. The van der Waals surface area contributed by atoms with E-state index >= 15 is 0 Å². The van der Waals surface area contributed by atoms with Crippen molar-refractivity contribution < 1.29 is 14.7 Å². The molecule has 0 aliphatic carbocycles. The van der Waals surface area contributed by atoms with Crippen molar-refractivity contribution in [3.05, 3.63) is 54.1 Å². The van der Waals surface area contributed by atoms with Crippen molar-refractivity contribution in [3.8, 4) is 17.2 Å². The van der Waals surface area contributed by atoms with Gasteiger partial charge < -0.3 is 14.7 Å². The van der Waals surface area contributed by atoms with Crippen LogP contribution in [0.1, 0.15) is 5.56 Å². The lowest BCUT2D eigenvalue weighted by molar-refractivity contribution is 0.322. The number of rotatable bonds is 4. The molecule has 2 aromatic carbocycles. The maximum absolute atomic E-state index is 8.47. The third-order valence-electron chi connectivity index (χ3n) is 2.36. The summed E-state index contributed by atoms with van der Waals surface area (Å²) in [6.45, 7) is 0. The zero-order valence-corrected chi connectivity index (χ0v) is 9.91.